The smallest absolute Gasteiger partial charge is 0.420 e. The summed E-state index contributed by atoms with van der Waals surface area (Å²) in [6.07, 6.45) is -0.438. The summed E-state index contributed by atoms with van der Waals surface area (Å²) in [5.74, 6) is 0. The predicted octanol–water partition coefficient (Wildman–Crippen LogP) is 4.09. The Morgan fingerprint density at radius 3 is 2.53 bits per heavy atom. The van der Waals surface area contributed by atoms with Crippen LogP contribution in [-0.4, -0.2) is 21.2 Å². The average Bonchev–Trinajstić information content (AvgIpc) is 2.52. The van der Waals surface area contributed by atoms with Crippen LogP contribution in [0.1, 0.15) is 32.0 Å². The lowest BCUT2D eigenvalue weighted by Crippen LogP contribution is -2.27. The second-order valence-electron chi connectivity index (χ2n) is 5.61. The first-order chi connectivity index (χ1) is 8.69. The van der Waals surface area contributed by atoms with Crippen LogP contribution in [0.25, 0.3) is 11.0 Å². The van der Waals surface area contributed by atoms with Gasteiger partial charge in [0.2, 0.25) is 0 Å². The highest BCUT2D eigenvalue weighted by Crippen LogP contribution is 2.24. The minimum absolute atomic E-state index is 0.399. The summed E-state index contributed by atoms with van der Waals surface area (Å²) < 4.78 is 6.83. The fraction of sp³-hybridized carbons (Fsp3) is 0.429. The van der Waals surface area contributed by atoms with Gasteiger partial charge in [0, 0.05) is 11.1 Å². The Hall–Kier alpha value is -1.55. The maximum absolute atomic E-state index is 12.2. The van der Waals surface area contributed by atoms with Crippen molar-refractivity contribution in [2.75, 3.05) is 0 Å². The zero-order valence-electron chi connectivity index (χ0n) is 11.7. The van der Waals surface area contributed by atoms with Gasteiger partial charge in [-0.15, -0.1) is 0 Å². The third kappa shape index (κ3) is 2.73. The molecule has 0 bridgehead atoms. The van der Waals surface area contributed by atoms with E-state index in [4.69, 9.17) is 16.3 Å². The molecule has 0 saturated carbocycles. The summed E-state index contributed by atoms with van der Waals surface area (Å²) in [5.41, 5.74) is 1.64. The second-order valence-corrected chi connectivity index (χ2v) is 5.97. The standard InChI is InChI=1S/C14H17ClN2O2/c1-8-6-10-7-9(2)17(12(10)16-11(8)15)13(18)19-14(3,4)5/h6-7H,1-5H3. The van der Waals surface area contributed by atoms with Gasteiger partial charge in [0.15, 0.2) is 5.65 Å². The van der Waals surface area contributed by atoms with E-state index in [1.807, 2.05) is 46.8 Å². The van der Waals surface area contributed by atoms with Crippen molar-refractivity contribution in [3.8, 4) is 0 Å². The molecule has 0 fully saturated rings. The summed E-state index contributed by atoms with van der Waals surface area (Å²) in [6.45, 7) is 9.22. The molecule has 0 aliphatic carbocycles. The van der Waals surface area contributed by atoms with Crippen LogP contribution in [0.5, 0.6) is 0 Å². The predicted molar refractivity (Wildman–Crippen MR) is 75.8 cm³/mol. The van der Waals surface area contributed by atoms with Crippen molar-refractivity contribution in [2.45, 2.75) is 40.2 Å². The monoisotopic (exact) mass is 280 g/mol. The van der Waals surface area contributed by atoms with Gasteiger partial charge in [-0.2, -0.15) is 0 Å². The van der Waals surface area contributed by atoms with Crippen molar-refractivity contribution in [1.29, 1.82) is 0 Å². The Morgan fingerprint density at radius 1 is 1.32 bits per heavy atom. The van der Waals surface area contributed by atoms with Crippen molar-refractivity contribution in [2.24, 2.45) is 0 Å². The molecule has 2 heterocycles. The van der Waals surface area contributed by atoms with Gasteiger partial charge < -0.3 is 4.74 Å². The van der Waals surface area contributed by atoms with Crippen LogP contribution >= 0.6 is 11.6 Å². The fourth-order valence-electron chi connectivity index (χ4n) is 1.88. The molecule has 2 aromatic heterocycles. The van der Waals surface area contributed by atoms with Crippen molar-refractivity contribution >= 4 is 28.7 Å². The molecule has 0 N–H and O–H groups in total. The number of carbonyl (C=O) groups excluding carboxylic acids is 1. The van der Waals surface area contributed by atoms with Gasteiger partial charge in [-0.05, 0) is 52.3 Å². The Labute approximate surface area is 117 Å². The highest BCUT2D eigenvalue weighted by atomic mass is 35.5. The van der Waals surface area contributed by atoms with Crippen molar-refractivity contribution < 1.29 is 9.53 Å². The number of nitrogens with zero attached hydrogens (tertiary/aromatic N) is 2. The van der Waals surface area contributed by atoms with Crippen LogP contribution in [-0.2, 0) is 4.74 Å². The van der Waals surface area contributed by atoms with Gasteiger partial charge in [-0.25, -0.2) is 14.3 Å². The maximum Gasteiger partial charge on any atom is 0.420 e. The van der Waals surface area contributed by atoms with Gasteiger partial charge in [-0.3, -0.25) is 0 Å². The van der Waals surface area contributed by atoms with Gasteiger partial charge in [0.05, 0.1) is 0 Å². The number of fused-ring (bicyclic) bond motifs is 1. The molecule has 19 heavy (non-hydrogen) atoms. The Balaban J connectivity index is 2.57. The molecule has 0 atom stereocenters. The van der Waals surface area contributed by atoms with E-state index in [1.54, 1.807) is 0 Å². The zero-order valence-corrected chi connectivity index (χ0v) is 12.5. The van der Waals surface area contributed by atoms with E-state index in [0.717, 1.165) is 16.6 Å². The van der Waals surface area contributed by atoms with Crippen LogP contribution in [0.2, 0.25) is 5.15 Å². The van der Waals surface area contributed by atoms with Crippen molar-refractivity contribution in [3.63, 3.8) is 0 Å². The normalized spacial score (nSPS) is 11.9. The molecule has 2 aromatic rings. The molecular weight excluding hydrogens is 264 g/mol. The number of aryl methyl sites for hydroxylation is 2. The highest BCUT2D eigenvalue weighted by Gasteiger charge is 2.21. The summed E-state index contributed by atoms with van der Waals surface area (Å²) in [5, 5.41) is 1.28. The molecule has 0 amide bonds. The molecule has 102 valence electrons. The molecule has 0 unspecified atom stereocenters. The molecule has 0 spiro atoms. The molecule has 4 nitrogen and oxygen atoms in total. The first-order valence-electron chi connectivity index (χ1n) is 6.07. The molecule has 2 rings (SSSR count). The average molecular weight is 281 g/mol. The van der Waals surface area contributed by atoms with Crippen molar-refractivity contribution in [1.82, 2.24) is 9.55 Å². The van der Waals surface area contributed by atoms with Crippen LogP contribution < -0.4 is 0 Å². The largest absolute Gasteiger partial charge is 0.443 e. The quantitative estimate of drug-likeness (QED) is 0.683. The molecular formula is C14H17ClN2O2. The van der Waals surface area contributed by atoms with E-state index in [1.165, 1.54) is 4.57 Å². The minimum atomic E-state index is -0.547. The minimum Gasteiger partial charge on any atom is -0.443 e. The number of rotatable bonds is 0. The highest BCUT2D eigenvalue weighted by molar-refractivity contribution is 6.30. The topological polar surface area (TPSA) is 44.1 Å². The third-order valence-corrected chi connectivity index (χ3v) is 3.05. The van der Waals surface area contributed by atoms with E-state index < -0.39 is 11.7 Å². The molecule has 0 radical (unpaired) electrons. The van der Waals surface area contributed by atoms with E-state index in [-0.39, 0.29) is 0 Å². The molecule has 5 heteroatoms. The number of halogens is 1. The number of hydrogen-bond donors (Lipinski definition) is 0. The Morgan fingerprint density at radius 2 is 1.95 bits per heavy atom. The lowest BCUT2D eigenvalue weighted by Gasteiger charge is -2.20. The number of carbonyl (C=O) groups is 1. The van der Waals surface area contributed by atoms with Gasteiger partial charge in [0.1, 0.15) is 10.8 Å². The first kappa shape index (κ1) is 13.9. The summed E-state index contributed by atoms with van der Waals surface area (Å²) in [6, 6.07) is 3.81. The van der Waals surface area contributed by atoms with E-state index in [9.17, 15) is 4.79 Å². The molecule has 0 aromatic carbocycles. The number of pyridine rings is 1. The molecule has 0 aliphatic rings. The van der Waals surface area contributed by atoms with Crippen molar-refractivity contribution in [3.05, 3.63) is 28.5 Å². The van der Waals surface area contributed by atoms with Crippen LogP contribution in [0.3, 0.4) is 0 Å². The van der Waals surface area contributed by atoms with E-state index in [2.05, 4.69) is 4.98 Å². The fourth-order valence-corrected chi connectivity index (χ4v) is 2.02. The third-order valence-electron chi connectivity index (χ3n) is 2.66. The van der Waals surface area contributed by atoms with Gasteiger partial charge in [0.25, 0.3) is 0 Å². The van der Waals surface area contributed by atoms with E-state index in [0.29, 0.717) is 10.8 Å². The second kappa shape index (κ2) is 4.53. The van der Waals surface area contributed by atoms with E-state index >= 15 is 0 Å². The maximum atomic E-state index is 12.2. The van der Waals surface area contributed by atoms with Gasteiger partial charge in [-0.1, -0.05) is 11.6 Å². The number of aromatic nitrogens is 2. The van der Waals surface area contributed by atoms with Crippen LogP contribution in [0.15, 0.2) is 12.1 Å². The summed E-state index contributed by atoms with van der Waals surface area (Å²) in [7, 11) is 0. The lowest BCUT2D eigenvalue weighted by atomic mass is 10.2. The molecule has 0 aliphatic heterocycles. The number of ether oxygens (including phenoxy) is 1. The summed E-state index contributed by atoms with van der Waals surface area (Å²) in [4.78, 5) is 16.5. The van der Waals surface area contributed by atoms with Crippen LogP contribution in [0.4, 0.5) is 4.79 Å². The van der Waals surface area contributed by atoms with Crippen LogP contribution in [0, 0.1) is 13.8 Å². The first-order valence-corrected chi connectivity index (χ1v) is 6.45. The van der Waals surface area contributed by atoms with Gasteiger partial charge >= 0.3 is 6.09 Å². The summed E-state index contributed by atoms with van der Waals surface area (Å²) >= 11 is 6.03. The zero-order chi connectivity index (χ0) is 14.4. The lowest BCUT2D eigenvalue weighted by molar-refractivity contribution is 0.0541. The Kier molecular flexibility index (Phi) is 3.31. The molecule has 0 saturated heterocycles. The Bertz CT molecular complexity index is 653. The SMILES string of the molecule is Cc1cc2cc(C)n(C(=O)OC(C)(C)C)c2nc1Cl. The number of hydrogen-bond acceptors (Lipinski definition) is 3.